The van der Waals surface area contributed by atoms with Crippen molar-refractivity contribution >= 4 is 11.5 Å². The van der Waals surface area contributed by atoms with E-state index in [2.05, 4.69) is 15.3 Å². The van der Waals surface area contributed by atoms with Crippen molar-refractivity contribution in [3.8, 4) is 5.88 Å². The van der Waals surface area contributed by atoms with Gasteiger partial charge in [0.05, 0.1) is 12.0 Å². The minimum absolute atomic E-state index is 0.00353. The minimum atomic E-state index is -0.499. The maximum Gasteiger partial charge on any atom is 0.372 e. The number of nitrogens with one attached hydrogen (secondary N) is 1. The van der Waals surface area contributed by atoms with Gasteiger partial charge in [-0.2, -0.15) is 4.98 Å². The van der Waals surface area contributed by atoms with E-state index in [1.807, 2.05) is 11.8 Å². The third-order valence-corrected chi connectivity index (χ3v) is 2.81. The Kier molecular flexibility index (Phi) is 3.56. The van der Waals surface area contributed by atoms with Crippen LogP contribution in [0.3, 0.4) is 0 Å². The first-order valence-electron chi connectivity index (χ1n) is 5.65. The zero-order valence-corrected chi connectivity index (χ0v) is 10.3. The lowest BCUT2D eigenvalue weighted by Crippen LogP contribution is -2.49. The van der Waals surface area contributed by atoms with Crippen molar-refractivity contribution in [3.05, 3.63) is 16.4 Å². The van der Waals surface area contributed by atoms with Crippen molar-refractivity contribution in [2.24, 2.45) is 0 Å². The fourth-order valence-corrected chi connectivity index (χ4v) is 2.02. The Balaban J connectivity index is 2.40. The number of rotatable bonds is 3. The number of ether oxygens (including phenoxy) is 1. The van der Waals surface area contributed by atoms with Crippen molar-refractivity contribution in [2.45, 2.75) is 13.0 Å². The molecule has 0 bridgehead atoms. The minimum Gasteiger partial charge on any atom is -0.476 e. The highest BCUT2D eigenvalue weighted by Gasteiger charge is 2.29. The monoisotopic (exact) mass is 253 g/mol. The van der Waals surface area contributed by atoms with Crippen LogP contribution >= 0.6 is 0 Å². The van der Waals surface area contributed by atoms with Gasteiger partial charge in [0.25, 0.3) is 5.88 Å². The number of hydrogen-bond acceptors (Lipinski definition) is 7. The summed E-state index contributed by atoms with van der Waals surface area (Å²) in [5.74, 6) is 0.316. The smallest absolute Gasteiger partial charge is 0.372 e. The average molecular weight is 253 g/mol. The molecule has 2 heterocycles. The topological polar surface area (TPSA) is 93.4 Å². The largest absolute Gasteiger partial charge is 0.476 e. The van der Waals surface area contributed by atoms with E-state index < -0.39 is 4.92 Å². The first-order chi connectivity index (χ1) is 8.63. The zero-order chi connectivity index (χ0) is 13.1. The molecule has 0 aliphatic carbocycles. The predicted octanol–water partition coefficient (Wildman–Crippen LogP) is 0.192. The maximum absolute atomic E-state index is 11.1. The van der Waals surface area contributed by atoms with Gasteiger partial charge in [-0.15, -0.1) is 0 Å². The number of piperazine rings is 1. The summed E-state index contributed by atoms with van der Waals surface area (Å²) >= 11 is 0. The fraction of sp³-hybridized carbons (Fsp3) is 0.600. The molecule has 1 fully saturated rings. The molecule has 1 aromatic rings. The van der Waals surface area contributed by atoms with Crippen LogP contribution in [0.25, 0.3) is 0 Å². The molecule has 8 heteroatoms. The van der Waals surface area contributed by atoms with E-state index in [1.54, 1.807) is 0 Å². The molecule has 0 aromatic carbocycles. The Hall–Kier alpha value is -1.96. The second-order valence-corrected chi connectivity index (χ2v) is 4.11. The molecule has 0 spiro atoms. The Morgan fingerprint density at radius 2 is 2.39 bits per heavy atom. The third-order valence-electron chi connectivity index (χ3n) is 2.81. The zero-order valence-electron chi connectivity index (χ0n) is 10.3. The number of methoxy groups -OCH3 is 1. The first kappa shape index (κ1) is 12.5. The lowest BCUT2D eigenvalue weighted by molar-refractivity contribution is -0.385. The highest BCUT2D eigenvalue weighted by molar-refractivity contribution is 5.63. The quantitative estimate of drug-likeness (QED) is 0.607. The van der Waals surface area contributed by atoms with Crippen LogP contribution in [0.2, 0.25) is 0 Å². The van der Waals surface area contributed by atoms with Crippen LogP contribution in [0.5, 0.6) is 5.88 Å². The molecular formula is C10H15N5O3. The van der Waals surface area contributed by atoms with Gasteiger partial charge in [0.1, 0.15) is 6.33 Å². The molecule has 1 aromatic heterocycles. The van der Waals surface area contributed by atoms with E-state index in [9.17, 15) is 10.1 Å². The van der Waals surface area contributed by atoms with Gasteiger partial charge in [0.15, 0.2) is 0 Å². The molecule has 1 saturated heterocycles. The Labute approximate surface area is 104 Å². The molecule has 1 aliphatic heterocycles. The summed E-state index contributed by atoms with van der Waals surface area (Å²) in [5.41, 5.74) is -0.172. The number of nitrogens with zero attached hydrogens (tertiary/aromatic N) is 4. The summed E-state index contributed by atoms with van der Waals surface area (Å²) < 4.78 is 4.93. The summed E-state index contributed by atoms with van der Waals surface area (Å²) in [6.07, 6.45) is 1.29. The van der Waals surface area contributed by atoms with Crippen LogP contribution in [0.1, 0.15) is 6.92 Å². The van der Waals surface area contributed by atoms with Gasteiger partial charge in [-0.3, -0.25) is 10.1 Å². The number of hydrogen-bond donors (Lipinski definition) is 1. The predicted molar refractivity (Wildman–Crippen MR) is 64.9 cm³/mol. The lowest BCUT2D eigenvalue weighted by Gasteiger charge is -2.32. The van der Waals surface area contributed by atoms with E-state index in [1.165, 1.54) is 13.4 Å². The molecule has 1 aliphatic rings. The normalized spacial score (nSPS) is 19.7. The molecule has 1 atom stereocenters. The molecule has 98 valence electrons. The Morgan fingerprint density at radius 1 is 1.61 bits per heavy atom. The Morgan fingerprint density at radius 3 is 3.00 bits per heavy atom. The van der Waals surface area contributed by atoms with Crippen molar-refractivity contribution in [3.63, 3.8) is 0 Å². The van der Waals surface area contributed by atoms with E-state index in [0.717, 1.165) is 6.54 Å². The van der Waals surface area contributed by atoms with Crippen molar-refractivity contribution in [1.82, 2.24) is 15.3 Å². The third kappa shape index (κ3) is 2.33. The lowest BCUT2D eigenvalue weighted by atomic mass is 10.2. The summed E-state index contributed by atoms with van der Waals surface area (Å²) in [6.45, 7) is 4.13. The van der Waals surface area contributed by atoms with Crippen LogP contribution in [-0.2, 0) is 0 Å². The van der Waals surface area contributed by atoms with E-state index in [-0.39, 0.29) is 17.6 Å². The van der Waals surface area contributed by atoms with Gasteiger partial charge >= 0.3 is 5.69 Å². The fourth-order valence-electron chi connectivity index (χ4n) is 2.02. The van der Waals surface area contributed by atoms with Gasteiger partial charge in [-0.05, 0) is 6.92 Å². The summed E-state index contributed by atoms with van der Waals surface area (Å²) in [4.78, 5) is 20.3. The number of nitro groups is 1. The van der Waals surface area contributed by atoms with Gasteiger partial charge < -0.3 is 15.0 Å². The van der Waals surface area contributed by atoms with Crippen LogP contribution in [0.4, 0.5) is 11.5 Å². The van der Waals surface area contributed by atoms with E-state index >= 15 is 0 Å². The first-order valence-corrected chi connectivity index (χ1v) is 5.65. The molecule has 1 unspecified atom stereocenters. The highest BCUT2D eigenvalue weighted by Crippen LogP contribution is 2.33. The molecule has 1 N–H and O–H groups in total. The van der Waals surface area contributed by atoms with Gasteiger partial charge in [0.2, 0.25) is 5.82 Å². The van der Waals surface area contributed by atoms with E-state index in [0.29, 0.717) is 18.9 Å². The Bertz CT molecular complexity index is 453. The molecule has 0 amide bonds. The summed E-state index contributed by atoms with van der Waals surface area (Å²) in [7, 11) is 1.36. The van der Waals surface area contributed by atoms with Gasteiger partial charge in [0, 0.05) is 25.7 Å². The molecular weight excluding hydrogens is 238 g/mol. The van der Waals surface area contributed by atoms with Crippen LogP contribution < -0.4 is 15.0 Å². The molecule has 8 nitrogen and oxygen atoms in total. The molecule has 18 heavy (non-hydrogen) atoms. The van der Waals surface area contributed by atoms with Crippen molar-refractivity contribution < 1.29 is 9.66 Å². The van der Waals surface area contributed by atoms with Crippen molar-refractivity contribution in [2.75, 3.05) is 31.6 Å². The van der Waals surface area contributed by atoms with Gasteiger partial charge in [-0.1, -0.05) is 0 Å². The second-order valence-electron chi connectivity index (χ2n) is 4.11. The van der Waals surface area contributed by atoms with Crippen LogP contribution in [-0.4, -0.2) is 47.7 Å². The number of anilines is 1. The highest BCUT2D eigenvalue weighted by atomic mass is 16.6. The summed E-state index contributed by atoms with van der Waals surface area (Å²) in [6, 6.07) is 0.263. The molecule has 0 radical (unpaired) electrons. The molecule has 0 saturated carbocycles. The van der Waals surface area contributed by atoms with Gasteiger partial charge in [-0.25, -0.2) is 4.98 Å². The molecule has 2 rings (SSSR count). The SMILES string of the molecule is COc1ncnc(N2CCNC(C)C2)c1[N+](=O)[O-]. The van der Waals surface area contributed by atoms with E-state index in [4.69, 9.17) is 4.74 Å². The average Bonchev–Trinajstić information content (AvgIpc) is 2.37. The van der Waals surface area contributed by atoms with Crippen LogP contribution in [0, 0.1) is 10.1 Å². The second kappa shape index (κ2) is 5.13. The van der Waals surface area contributed by atoms with Crippen LogP contribution in [0.15, 0.2) is 6.33 Å². The summed E-state index contributed by atoms with van der Waals surface area (Å²) in [5, 5.41) is 14.4. The standard InChI is InChI=1S/C10H15N5O3/c1-7-5-14(4-3-11-7)9-8(15(16)17)10(18-2)13-6-12-9/h6-7,11H,3-5H2,1-2H3. The maximum atomic E-state index is 11.1. The van der Waals surface area contributed by atoms with Crippen molar-refractivity contribution in [1.29, 1.82) is 0 Å². The number of aromatic nitrogens is 2.